The fraction of sp³-hybridized carbons (Fsp3) is 0.500. The second-order valence-corrected chi connectivity index (χ2v) is 7.60. The van der Waals surface area contributed by atoms with Crippen molar-refractivity contribution in [2.75, 3.05) is 61.1 Å². The van der Waals surface area contributed by atoms with Crippen molar-refractivity contribution in [3.63, 3.8) is 0 Å². The van der Waals surface area contributed by atoms with Crippen molar-refractivity contribution >= 4 is 28.6 Å². The standard InChI is InChI=1S/C20H26N8O/c1-26(20-22-7-5-17(25-20)27-9-11-29-12-10-27)15-3-2-8-28(13-15)19-16-4-6-21-18(16)23-14-24-19/h4-7,14-15H,2-3,8-13H2,1H3,(H,21,23,24). The highest BCUT2D eigenvalue weighted by atomic mass is 16.5. The average Bonchev–Trinajstić information content (AvgIpc) is 3.28. The van der Waals surface area contributed by atoms with Gasteiger partial charge in [-0.2, -0.15) is 4.98 Å². The Hall–Kier alpha value is -2.94. The van der Waals surface area contributed by atoms with Gasteiger partial charge in [0, 0.05) is 51.7 Å². The first-order valence-corrected chi connectivity index (χ1v) is 10.2. The van der Waals surface area contributed by atoms with Crippen LogP contribution in [0.3, 0.4) is 0 Å². The molecular formula is C20H26N8O. The van der Waals surface area contributed by atoms with Gasteiger partial charge in [0.1, 0.15) is 23.6 Å². The summed E-state index contributed by atoms with van der Waals surface area (Å²) in [6.45, 7) is 5.13. The lowest BCUT2D eigenvalue weighted by molar-refractivity contribution is 0.122. The Morgan fingerprint density at radius 1 is 1.10 bits per heavy atom. The minimum absolute atomic E-state index is 0.327. The first-order chi connectivity index (χ1) is 14.3. The van der Waals surface area contributed by atoms with Gasteiger partial charge in [0.2, 0.25) is 5.95 Å². The van der Waals surface area contributed by atoms with Gasteiger partial charge in [-0.05, 0) is 25.0 Å². The maximum atomic E-state index is 5.46. The van der Waals surface area contributed by atoms with Gasteiger partial charge >= 0.3 is 0 Å². The molecule has 2 aliphatic rings. The zero-order chi connectivity index (χ0) is 19.6. The molecule has 1 N–H and O–H groups in total. The number of aromatic nitrogens is 5. The third-order valence-corrected chi connectivity index (χ3v) is 5.86. The topological polar surface area (TPSA) is 86.3 Å². The zero-order valence-corrected chi connectivity index (χ0v) is 16.7. The summed E-state index contributed by atoms with van der Waals surface area (Å²) >= 11 is 0. The molecule has 9 nitrogen and oxygen atoms in total. The molecule has 0 spiro atoms. The summed E-state index contributed by atoms with van der Waals surface area (Å²) in [5, 5.41) is 1.07. The second-order valence-electron chi connectivity index (χ2n) is 7.60. The number of hydrogen-bond acceptors (Lipinski definition) is 8. The Morgan fingerprint density at radius 2 is 2.00 bits per heavy atom. The number of rotatable bonds is 4. The van der Waals surface area contributed by atoms with Crippen LogP contribution < -0.4 is 14.7 Å². The third kappa shape index (κ3) is 3.57. The van der Waals surface area contributed by atoms with E-state index in [0.29, 0.717) is 6.04 Å². The molecule has 2 saturated heterocycles. The molecule has 1 atom stereocenters. The predicted octanol–water partition coefficient (Wildman–Crippen LogP) is 1.69. The maximum Gasteiger partial charge on any atom is 0.227 e. The van der Waals surface area contributed by atoms with Crippen LogP contribution in [0.2, 0.25) is 0 Å². The number of aromatic amines is 1. The second kappa shape index (κ2) is 7.82. The molecule has 0 radical (unpaired) electrons. The Kier molecular flexibility index (Phi) is 4.89. The van der Waals surface area contributed by atoms with Crippen LogP contribution >= 0.6 is 0 Å². The van der Waals surface area contributed by atoms with Crippen molar-refractivity contribution in [2.24, 2.45) is 0 Å². The van der Waals surface area contributed by atoms with Gasteiger partial charge in [-0.1, -0.05) is 0 Å². The molecule has 0 amide bonds. The summed E-state index contributed by atoms with van der Waals surface area (Å²) in [5.74, 6) is 2.75. The summed E-state index contributed by atoms with van der Waals surface area (Å²) in [6.07, 6.45) is 7.63. The first kappa shape index (κ1) is 18.1. The van der Waals surface area contributed by atoms with E-state index in [1.165, 1.54) is 0 Å². The number of anilines is 3. The lowest BCUT2D eigenvalue weighted by atomic mass is 10.0. The highest BCUT2D eigenvalue weighted by molar-refractivity contribution is 5.87. The Bertz CT molecular complexity index is 970. The van der Waals surface area contributed by atoms with Crippen LogP contribution in [0.25, 0.3) is 11.0 Å². The normalized spacial score (nSPS) is 20.2. The molecule has 0 saturated carbocycles. The van der Waals surface area contributed by atoms with Crippen molar-refractivity contribution in [3.05, 3.63) is 30.9 Å². The van der Waals surface area contributed by atoms with Crippen LogP contribution in [-0.2, 0) is 4.74 Å². The highest BCUT2D eigenvalue weighted by Crippen LogP contribution is 2.27. The number of fused-ring (bicyclic) bond motifs is 1. The number of likely N-dealkylation sites (N-methyl/N-ethyl adjacent to an activating group) is 1. The van der Waals surface area contributed by atoms with E-state index in [-0.39, 0.29) is 0 Å². The molecule has 152 valence electrons. The van der Waals surface area contributed by atoms with Crippen molar-refractivity contribution in [1.29, 1.82) is 0 Å². The smallest absolute Gasteiger partial charge is 0.227 e. The number of hydrogen-bond donors (Lipinski definition) is 1. The van der Waals surface area contributed by atoms with E-state index < -0.39 is 0 Å². The Labute approximate surface area is 169 Å². The molecule has 0 bridgehead atoms. The van der Waals surface area contributed by atoms with E-state index in [9.17, 15) is 0 Å². The van der Waals surface area contributed by atoms with Gasteiger partial charge in [0.15, 0.2) is 0 Å². The molecule has 0 aromatic carbocycles. The van der Waals surface area contributed by atoms with Crippen LogP contribution in [0.15, 0.2) is 30.9 Å². The summed E-state index contributed by atoms with van der Waals surface area (Å²) in [7, 11) is 2.10. The van der Waals surface area contributed by atoms with Gasteiger partial charge in [0.05, 0.1) is 18.6 Å². The van der Waals surface area contributed by atoms with Crippen LogP contribution in [0.1, 0.15) is 12.8 Å². The molecule has 2 aliphatic heterocycles. The molecular weight excluding hydrogens is 368 g/mol. The fourth-order valence-corrected chi connectivity index (χ4v) is 4.21. The molecule has 1 unspecified atom stereocenters. The Balaban J connectivity index is 1.35. The molecule has 3 aromatic heterocycles. The van der Waals surface area contributed by atoms with Crippen LogP contribution in [0.5, 0.6) is 0 Å². The van der Waals surface area contributed by atoms with Crippen molar-refractivity contribution in [3.8, 4) is 0 Å². The lowest BCUT2D eigenvalue weighted by Crippen LogP contribution is -2.47. The quantitative estimate of drug-likeness (QED) is 0.715. The molecule has 5 heterocycles. The third-order valence-electron chi connectivity index (χ3n) is 5.86. The molecule has 2 fully saturated rings. The van der Waals surface area contributed by atoms with E-state index in [4.69, 9.17) is 9.72 Å². The SMILES string of the molecule is CN(c1nccc(N2CCOCC2)n1)C1CCCN(c2ncnc3[nH]ccc23)C1. The summed E-state index contributed by atoms with van der Waals surface area (Å²) in [5.41, 5.74) is 0.882. The van der Waals surface area contributed by atoms with Crippen LogP contribution in [-0.4, -0.2) is 77.4 Å². The minimum Gasteiger partial charge on any atom is -0.378 e. The summed E-state index contributed by atoms with van der Waals surface area (Å²) in [6, 6.07) is 4.36. The molecule has 0 aliphatic carbocycles. The van der Waals surface area contributed by atoms with Gasteiger partial charge in [0.25, 0.3) is 0 Å². The summed E-state index contributed by atoms with van der Waals surface area (Å²) < 4.78 is 5.46. The number of nitrogens with one attached hydrogen (secondary N) is 1. The van der Waals surface area contributed by atoms with E-state index >= 15 is 0 Å². The number of morpholine rings is 1. The average molecular weight is 394 g/mol. The van der Waals surface area contributed by atoms with Gasteiger partial charge < -0.3 is 24.4 Å². The van der Waals surface area contributed by atoms with E-state index in [1.807, 2.05) is 24.5 Å². The van der Waals surface area contributed by atoms with Crippen molar-refractivity contribution in [2.45, 2.75) is 18.9 Å². The summed E-state index contributed by atoms with van der Waals surface area (Å²) in [4.78, 5) is 28.3. The monoisotopic (exact) mass is 394 g/mol. The van der Waals surface area contributed by atoms with Gasteiger partial charge in [-0.3, -0.25) is 0 Å². The molecule has 29 heavy (non-hydrogen) atoms. The fourth-order valence-electron chi connectivity index (χ4n) is 4.21. The largest absolute Gasteiger partial charge is 0.378 e. The van der Waals surface area contributed by atoms with E-state index in [0.717, 1.165) is 80.9 Å². The maximum absolute atomic E-state index is 5.46. The Morgan fingerprint density at radius 3 is 2.90 bits per heavy atom. The van der Waals surface area contributed by atoms with Crippen LogP contribution in [0, 0.1) is 0 Å². The molecule has 9 heteroatoms. The van der Waals surface area contributed by atoms with Gasteiger partial charge in [-0.15, -0.1) is 0 Å². The lowest BCUT2D eigenvalue weighted by Gasteiger charge is -2.38. The molecule has 3 aromatic rings. The van der Waals surface area contributed by atoms with E-state index in [1.54, 1.807) is 6.33 Å². The van der Waals surface area contributed by atoms with Gasteiger partial charge in [-0.25, -0.2) is 15.0 Å². The first-order valence-electron chi connectivity index (χ1n) is 10.2. The number of nitrogens with zero attached hydrogens (tertiary/aromatic N) is 7. The predicted molar refractivity (Wildman–Crippen MR) is 113 cm³/mol. The van der Waals surface area contributed by atoms with E-state index in [2.05, 4.69) is 41.7 Å². The number of piperidine rings is 1. The number of H-pyrrole nitrogens is 1. The number of ether oxygens (including phenoxy) is 1. The van der Waals surface area contributed by atoms with Crippen LogP contribution in [0.4, 0.5) is 17.6 Å². The molecule has 5 rings (SSSR count). The zero-order valence-electron chi connectivity index (χ0n) is 16.7. The highest BCUT2D eigenvalue weighted by Gasteiger charge is 2.27. The van der Waals surface area contributed by atoms with Crippen molar-refractivity contribution < 1.29 is 4.74 Å². The van der Waals surface area contributed by atoms with Crippen molar-refractivity contribution in [1.82, 2.24) is 24.9 Å². The minimum atomic E-state index is 0.327.